The Hall–Kier alpha value is -0.950. The van der Waals surface area contributed by atoms with Crippen LogP contribution in [0.1, 0.15) is 6.42 Å². The molecule has 0 aromatic rings. The molecule has 0 amide bonds. The predicted octanol–water partition coefficient (Wildman–Crippen LogP) is -1.20. The van der Waals surface area contributed by atoms with Crippen molar-refractivity contribution < 1.29 is 29.5 Å². The fourth-order valence-corrected chi connectivity index (χ4v) is 1.38. The van der Waals surface area contributed by atoms with E-state index in [-0.39, 0.29) is 5.71 Å². The van der Waals surface area contributed by atoms with Gasteiger partial charge in [-0.15, -0.1) is 0 Å². The van der Waals surface area contributed by atoms with Crippen LogP contribution in [0.15, 0.2) is 5.16 Å². The first-order valence-electron chi connectivity index (χ1n) is 3.49. The van der Waals surface area contributed by atoms with Crippen LogP contribution in [-0.2, 0) is 9.36 Å². The van der Waals surface area contributed by atoms with E-state index in [1.165, 1.54) is 0 Å². The van der Waals surface area contributed by atoms with E-state index in [0.717, 1.165) is 0 Å². The maximum absolute atomic E-state index is 10.5. The molecule has 0 aromatic heterocycles. The lowest BCUT2D eigenvalue weighted by Gasteiger charge is -2.08. The quantitative estimate of drug-likeness (QED) is 0.170. The molecule has 14 heavy (non-hydrogen) atoms. The number of nitrogens with zero attached hydrogens (tertiary/aromatic N) is 1. The summed E-state index contributed by atoms with van der Waals surface area (Å²) in [6.07, 6.45) is -1.21. The number of carboxylic acids is 1. The second-order valence-corrected chi connectivity index (χ2v) is 4.28. The van der Waals surface area contributed by atoms with Crippen molar-refractivity contribution in [3.8, 4) is 0 Å². The van der Waals surface area contributed by atoms with E-state index in [1.807, 2.05) is 0 Å². The fourth-order valence-electron chi connectivity index (χ4n) is 0.716. The van der Waals surface area contributed by atoms with Gasteiger partial charge in [0.05, 0.1) is 11.9 Å². The van der Waals surface area contributed by atoms with Crippen LogP contribution < -0.4 is 5.73 Å². The van der Waals surface area contributed by atoms with Crippen LogP contribution in [-0.4, -0.2) is 44.0 Å². The summed E-state index contributed by atoms with van der Waals surface area (Å²) in [7, 11) is -4.36. The molecule has 0 fully saturated rings. The molecule has 0 saturated carbocycles. The molecular weight excluding hydrogens is 215 g/mol. The molecule has 1 atom stereocenters. The predicted molar refractivity (Wildman–Crippen MR) is 46.4 cm³/mol. The molecule has 0 unspecified atom stereocenters. The van der Waals surface area contributed by atoms with Crippen molar-refractivity contribution in [1.82, 2.24) is 0 Å². The minimum absolute atomic E-state index is 0.340. The minimum Gasteiger partial charge on any atom is -0.480 e. The first-order chi connectivity index (χ1) is 6.26. The summed E-state index contributed by atoms with van der Waals surface area (Å²) in [5, 5.41) is 19.3. The largest absolute Gasteiger partial charge is 0.480 e. The molecule has 0 aliphatic heterocycles. The van der Waals surface area contributed by atoms with Gasteiger partial charge in [-0.3, -0.25) is 9.36 Å². The summed E-state index contributed by atoms with van der Waals surface area (Å²) in [5.74, 6) is -1.34. The molecule has 0 heterocycles. The lowest BCUT2D eigenvalue weighted by molar-refractivity contribution is -0.138. The van der Waals surface area contributed by atoms with Crippen LogP contribution in [0.2, 0.25) is 0 Å². The molecule has 9 heteroatoms. The zero-order valence-corrected chi connectivity index (χ0v) is 7.96. The van der Waals surface area contributed by atoms with E-state index in [0.29, 0.717) is 0 Å². The van der Waals surface area contributed by atoms with E-state index in [1.54, 1.807) is 0 Å². The third-order valence-corrected chi connectivity index (χ3v) is 2.08. The number of aliphatic carboxylic acids is 1. The smallest absolute Gasteiger partial charge is 0.331 e. The van der Waals surface area contributed by atoms with Crippen LogP contribution >= 0.6 is 7.60 Å². The Balaban J connectivity index is 4.34. The van der Waals surface area contributed by atoms with Crippen LogP contribution in [0.4, 0.5) is 0 Å². The number of oxime groups is 1. The van der Waals surface area contributed by atoms with E-state index >= 15 is 0 Å². The van der Waals surface area contributed by atoms with Gasteiger partial charge in [0.2, 0.25) is 0 Å². The second kappa shape index (κ2) is 5.06. The van der Waals surface area contributed by atoms with Crippen LogP contribution in [0.5, 0.6) is 0 Å². The lowest BCUT2D eigenvalue weighted by Crippen LogP contribution is -2.33. The zero-order chi connectivity index (χ0) is 11.4. The summed E-state index contributed by atoms with van der Waals surface area (Å²) < 4.78 is 10.5. The van der Waals surface area contributed by atoms with Crippen molar-refractivity contribution in [3.63, 3.8) is 0 Å². The highest BCUT2D eigenvalue weighted by molar-refractivity contribution is 7.52. The standard InChI is InChI=1S/C5H11N2O6P/c6-4(5(8)9)1-3(7-10)2-14(11,12)13/h4,10H,1-2,6H2,(H,8,9)(H2,11,12,13)/t4-/m0/s1. The Labute approximate surface area is 79.2 Å². The number of hydrogen-bond acceptors (Lipinski definition) is 5. The summed E-state index contributed by atoms with van der Waals surface area (Å²) >= 11 is 0. The number of nitrogens with two attached hydrogens (primary N) is 1. The molecule has 0 spiro atoms. The summed E-state index contributed by atoms with van der Waals surface area (Å²) in [6.45, 7) is 0. The molecule has 0 aliphatic rings. The third kappa shape index (κ3) is 5.65. The van der Waals surface area contributed by atoms with Gasteiger partial charge < -0.3 is 25.8 Å². The highest BCUT2D eigenvalue weighted by Gasteiger charge is 2.22. The number of carbonyl (C=O) groups is 1. The molecule has 0 rings (SSSR count). The topological polar surface area (TPSA) is 153 Å². The Morgan fingerprint density at radius 2 is 2.00 bits per heavy atom. The average Bonchev–Trinajstić information content (AvgIpc) is 2.00. The molecule has 0 aliphatic carbocycles. The average molecular weight is 226 g/mol. The summed E-state index contributed by atoms with van der Waals surface area (Å²) in [5.41, 5.74) is 4.73. The van der Waals surface area contributed by atoms with Crippen molar-refractivity contribution in [2.24, 2.45) is 10.9 Å². The first kappa shape index (κ1) is 13.1. The maximum Gasteiger partial charge on any atom is 0.331 e. The van der Waals surface area contributed by atoms with Crippen LogP contribution in [0.25, 0.3) is 0 Å². The molecule has 0 saturated heterocycles. The van der Waals surface area contributed by atoms with Crippen LogP contribution in [0, 0.1) is 0 Å². The lowest BCUT2D eigenvalue weighted by atomic mass is 10.1. The fraction of sp³-hybridized carbons (Fsp3) is 0.600. The van der Waals surface area contributed by atoms with Gasteiger partial charge in [0.25, 0.3) is 0 Å². The molecule has 0 aromatic carbocycles. The highest BCUT2D eigenvalue weighted by Crippen LogP contribution is 2.34. The maximum atomic E-state index is 10.5. The van der Waals surface area contributed by atoms with E-state index in [9.17, 15) is 9.36 Å². The highest BCUT2D eigenvalue weighted by atomic mass is 31.2. The second-order valence-electron chi connectivity index (χ2n) is 2.64. The van der Waals surface area contributed by atoms with Crippen molar-refractivity contribution in [3.05, 3.63) is 0 Å². The van der Waals surface area contributed by atoms with Gasteiger partial charge in [-0.2, -0.15) is 0 Å². The van der Waals surface area contributed by atoms with Gasteiger partial charge in [0.1, 0.15) is 6.04 Å². The Bertz CT molecular complexity index is 284. The van der Waals surface area contributed by atoms with E-state index in [4.69, 9.17) is 25.8 Å². The Morgan fingerprint density at radius 1 is 1.50 bits per heavy atom. The third-order valence-electron chi connectivity index (χ3n) is 1.30. The monoisotopic (exact) mass is 226 g/mol. The number of carboxylic acid groups (broad SMARTS) is 1. The molecule has 6 N–H and O–H groups in total. The molecular formula is C5H11N2O6P. The number of hydrogen-bond donors (Lipinski definition) is 5. The van der Waals surface area contributed by atoms with Gasteiger partial charge in [-0.1, -0.05) is 5.16 Å². The van der Waals surface area contributed by atoms with Gasteiger partial charge in [0.15, 0.2) is 0 Å². The van der Waals surface area contributed by atoms with E-state index in [2.05, 4.69) is 5.16 Å². The van der Waals surface area contributed by atoms with Gasteiger partial charge in [-0.05, 0) is 0 Å². The van der Waals surface area contributed by atoms with Crippen LogP contribution in [0.3, 0.4) is 0 Å². The molecule has 0 bridgehead atoms. The zero-order valence-electron chi connectivity index (χ0n) is 7.07. The molecule has 0 radical (unpaired) electrons. The molecule has 8 nitrogen and oxygen atoms in total. The normalized spacial score (nSPS) is 15.2. The van der Waals surface area contributed by atoms with E-state index < -0.39 is 32.2 Å². The number of rotatable bonds is 5. The first-order valence-corrected chi connectivity index (χ1v) is 5.29. The van der Waals surface area contributed by atoms with Crippen molar-refractivity contribution in [1.29, 1.82) is 0 Å². The molecule has 82 valence electrons. The van der Waals surface area contributed by atoms with Gasteiger partial charge in [0, 0.05) is 6.42 Å². The summed E-state index contributed by atoms with van der Waals surface area (Å²) in [6, 6.07) is -1.34. The van der Waals surface area contributed by atoms with Gasteiger partial charge >= 0.3 is 13.6 Å². The van der Waals surface area contributed by atoms with Crippen molar-refractivity contribution >= 4 is 19.3 Å². The summed E-state index contributed by atoms with van der Waals surface area (Å²) in [4.78, 5) is 27.3. The van der Waals surface area contributed by atoms with Crippen molar-refractivity contribution in [2.45, 2.75) is 12.5 Å². The Kier molecular flexibility index (Phi) is 4.72. The van der Waals surface area contributed by atoms with Crippen molar-refractivity contribution in [2.75, 3.05) is 6.16 Å². The van der Waals surface area contributed by atoms with Gasteiger partial charge in [-0.25, -0.2) is 0 Å². The SMILES string of the molecule is N[C@@H](CC(CP(=O)(O)O)=NO)C(=O)O. The Morgan fingerprint density at radius 3 is 2.29 bits per heavy atom. The minimum atomic E-state index is -4.36.